The van der Waals surface area contributed by atoms with E-state index in [2.05, 4.69) is 43.1 Å². The number of ether oxygens (including phenoxy) is 1. The molecule has 0 bridgehead atoms. The zero-order valence-electron chi connectivity index (χ0n) is 18.0. The number of nitrogens with zero attached hydrogens (tertiary/aromatic N) is 1. The van der Waals surface area contributed by atoms with Crippen molar-refractivity contribution in [2.24, 2.45) is 28.6 Å². The van der Waals surface area contributed by atoms with Gasteiger partial charge in [-0.15, -0.1) is 0 Å². The van der Waals surface area contributed by atoms with E-state index in [4.69, 9.17) is 4.74 Å². The molecule has 1 aromatic heterocycles. The van der Waals surface area contributed by atoms with E-state index < -0.39 is 0 Å². The predicted molar refractivity (Wildman–Crippen MR) is 115 cm³/mol. The molecule has 0 unspecified atom stereocenters. The number of hydrogen-bond acceptors (Lipinski definition) is 3. The van der Waals surface area contributed by atoms with Crippen molar-refractivity contribution >= 4 is 11.5 Å². The monoisotopic (exact) mass is 391 g/mol. The van der Waals surface area contributed by atoms with Gasteiger partial charge in [-0.2, -0.15) is 0 Å². The maximum absolute atomic E-state index is 11.4. The summed E-state index contributed by atoms with van der Waals surface area (Å²) in [4.78, 5) is 15.8. The minimum atomic E-state index is -0.138. The van der Waals surface area contributed by atoms with Gasteiger partial charge in [0.2, 0.25) is 0 Å². The molecule has 0 aliphatic heterocycles. The van der Waals surface area contributed by atoms with Crippen molar-refractivity contribution in [1.82, 2.24) is 4.98 Å². The highest BCUT2D eigenvalue weighted by Crippen LogP contribution is 2.66. The van der Waals surface area contributed by atoms with Gasteiger partial charge in [0.1, 0.15) is 6.10 Å². The maximum Gasteiger partial charge on any atom is 0.302 e. The van der Waals surface area contributed by atoms with Crippen LogP contribution in [-0.4, -0.2) is 17.1 Å². The van der Waals surface area contributed by atoms with Crippen LogP contribution in [0.2, 0.25) is 0 Å². The van der Waals surface area contributed by atoms with Crippen LogP contribution in [0.3, 0.4) is 0 Å². The first-order valence-corrected chi connectivity index (χ1v) is 11.4. The van der Waals surface area contributed by atoms with Crippen molar-refractivity contribution in [2.45, 2.75) is 71.8 Å². The molecule has 29 heavy (non-hydrogen) atoms. The van der Waals surface area contributed by atoms with Gasteiger partial charge in [-0.1, -0.05) is 37.6 Å². The first-order valence-electron chi connectivity index (χ1n) is 11.4. The van der Waals surface area contributed by atoms with Crippen molar-refractivity contribution in [2.75, 3.05) is 0 Å². The van der Waals surface area contributed by atoms with Crippen molar-refractivity contribution in [3.8, 4) is 0 Å². The topological polar surface area (TPSA) is 39.2 Å². The Morgan fingerprint density at radius 3 is 2.69 bits per heavy atom. The van der Waals surface area contributed by atoms with Crippen LogP contribution >= 0.6 is 0 Å². The standard InChI is InChI=1S/C26H33NO2/c1-17(28)29-20-10-12-25(2)19(15-20)6-7-21-23-9-8-22(18-5-4-14-27-16-18)26(23,3)13-11-24(21)25/h4-6,8,14,16,20-21,23-24H,7,9-13,15H2,1-3H3/t20-,21+,23+,24-,25-,26+/m0/s1. The van der Waals surface area contributed by atoms with Crippen LogP contribution in [-0.2, 0) is 9.53 Å². The fraction of sp³-hybridized carbons (Fsp3) is 0.615. The molecule has 154 valence electrons. The summed E-state index contributed by atoms with van der Waals surface area (Å²) in [6, 6.07) is 4.30. The first kappa shape index (κ1) is 19.1. The molecule has 4 aliphatic carbocycles. The minimum absolute atomic E-state index is 0.0857. The molecule has 6 atom stereocenters. The van der Waals surface area contributed by atoms with Gasteiger partial charge in [0.05, 0.1) is 0 Å². The fourth-order valence-electron chi connectivity index (χ4n) is 7.50. The van der Waals surface area contributed by atoms with E-state index >= 15 is 0 Å². The van der Waals surface area contributed by atoms with Gasteiger partial charge in [-0.25, -0.2) is 0 Å². The molecule has 2 fully saturated rings. The zero-order valence-corrected chi connectivity index (χ0v) is 18.0. The van der Waals surface area contributed by atoms with Crippen molar-refractivity contribution in [3.05, 3.63) is 47.8 Å². The number of carbonyl (C=O) groups is 1. The van der Waals surface area contributed by atoms with E-state index in [0.717, 1.165) is 37.0 Å². The Hall–Kier alpha value is -1.90. The van der Waals surface area contributed by atoms with Crippen molar-refractivity contribution in [1.29, 1.82) is 0 Å². The van der Waals surface area contributed by atoms with Crippen LogP contribution in [0.1, 0.15) is 71.3 Å². The molecule has 2 saturated carbocycles. The molecule has 1 heterocycles. The number of pyridine rings is 1. The van der Waals surface area contributed by atoms with Crippen molar-refractivity contribution < 1.29 is 9.53 Å². The van der Waals surface area contributed by atoms with E-state index in [9.17, 15) is 4.79 Å². The molecule has 5 rings (SSSR count). The molecule has 0 spiro atoms. The average Bonchev–Trinajstić information content (AvgIpc) is 3.06. The number of carbonyl (C=O) groups excluding carboxylic acids is 1. The number of esters is 1. The summed E-state index contributed by atoms with van der Waals surface area (Å²) in [5, 5.41) is 0. The SMILES string of the molecule is CC(=O)O[C@H]1CC[C@@]2(C)C(=CC[C@@H]3[C@H]4CC=C(c5cccnc5)[C@@]4(C)CC[C@@H]32)C1. The second kappa shape index (κ2) is 6.82. The molecule has 0 saturated heterocycles. The average molecular weight is 392 g/mol. The van der Waals surface area contributed by atoms with Gasteiger partial charge in [0, 0.05) is 25.7 Å². The van der Waals surface area contributed by atoms with Gasteiger partial charge in [-0.3, -0.25) is 9.78 Å². The molecule has 0 N–H and O–H groups in total. The first-order chi connectivity index (χ1) is 13.9. The highest BCUT2D eigenvalue weighted by atomic mass is 16.5. The summed E-state index contributed by atoms with van der Waals surface area (Å²) >= 11 is 0. The number of fused-ring (bicyclic) bond motifs is 5. The highest BCUT2D eigenvalue weighted by molar-refractivity contribution is 5.72. The molecule has 0 amide bonds. The number of allylic oxidation sites excluding steroid dienone is 3. The number of hydrogen-bond donors (Lipinski definition) is 0. The summed E-state index contributed by atoms with van der Waals surface area (Å²) in [6.45, 7) is 6.56. The second-order valence-electron chi connectivity index (χ2n) is 10.3. The lowest BCUT2D eigenvalue weighted by Crippen LogP contribution is -2.50. The highest BCUT2D eigenvalue weighted by Gasteiger charge is 2.56. The summed E-state index contributed by atoms with van der Waals surface area (Å²) in [6.07, 6.45) is 17.1. The van der Waals surface area contributed by atoms with Crippen LogP contribution in [0.4, 0.5) is 0 Å². The Kier molecular flexibility index (Phi) is 4.49. The lowest BCUT2D eigenvalue weighted by molar-refractivity contribution is -0.148. The second-order valence-corrected chi connectivity index (χ2v) is 10.3. The molecule has 3 heteroatoms. The normalized spacial score (nSPS) is 40.8. The number of aromatic nitrogens is 1. The molecule has 0 aromatic carbocycles. The quantitative estimate of drug-likeness (QED) is 0.460. The molecular weight excluding hydrogens is 358 g/mol. The largest absolute Gasteiger partial charge is 0.462 e. The van der Waals surface area contributed by atoms with Crippen LogP contribution < -0.4 is 0 Å². The van der Waals surface area contributed by atoms with Gasteiger partial charge < -0.3 is 4.74 Å². The molecule has 1 aromatic rings. The number of rotatable bonds is 2. The Morgan fingerprint density at radius 2 is 1.93 bits per heavy atom. The summed E-state index contributed by atoms with van der Waals surface area (Å²) in [5.74, 6) is 2.12. The molecule has 0 radical (unpaired) electrons. The molecule has 3 nitrogen and oxygen atoms in total. The molecule has 4 aliphatic rings. The third-order valence-electron chi connectivity index (χ3n) is 8.94. The van der Waals surface area contributed by atoms with Gasteiger partial charge in [0.25, 0.3) is 0 Å². The fourth-order valence-corrected chi connectivity index (χ4v) is 7.50. The smallest absolute Gasteiger partial charge is 0.302 e. The minimum Gasteiger partial charge on any atom is -0.462 e. The zero-order chi connectivity index (χ0) is 20.2. The Labute approximate surface area is 174 Å². The maximum atomic E-state index is 11.4. The third-order valence-corrected chi connectivity index (χ3v) is 8.94. The Bertz CT molecular complexity index is 872. The van der Waals surface area contributed by atoms with E-state index in [1.54, 1.807) is 5.57 Å². The van der Waals surface area contributed by atoms with E-state index in [1.807, 2.05) is 12.4 Å². The van der Waals surface area contributed by atoms with E-state index in [-0.39, 0.29) is 22.9 Å². The van der Waals surface area contributed by atoms with Crippen LogP contribution in [0.15, 0.2) is 42.3 Å². The van der Waals surface area contributed by atoms with E-state index in [0.29, 0.717) is 0 Å². The van der Waals surface area contributed by atoms with Crippen LogP contribution in [0.25, 0.3) is 5.57 Å². The predicted octanol–water partition coefficient (Wildman–Crippen LogP) is 5.97. The van der Waals surface area contributed by atoms with Gasteiger partial charge in [0.15, 0.2) is 0 Å². The van der Waals surface area contributed by atoms with Crippen molar-refractivity contribution in [3.63, 3.8) is 0 Å². The van der Waals surface area contributed by atoms with Crippen LogP contribution in [0, 0.1) is 28.6 Å². The summed E-state index contributed by atoms with van der Waals surface area (Å²) < 4.78 is 5.58. The van der Waals surface area contributed by atoms with E-state index in [1.165, 1.54) is 43.7 Å². The Morgan fingerprint density at radius 1 is 1.10 bits per heavy atom. The third kappa shape index (κ3) is 2.92. The summed E-state index contributed by atoms with van der Waals surface area (Å²) in [7, 11) is 0. The van der Waals surface area contributed by atoms with Gasteiger partial charge in [-0.05, 0) is 84.3 Å². The van der Waals surface area contributed by atoms with Crippen LogP contribution in [0.5, 0.6) is 0 Å². The van der Waals surface area contributed by atoms with Gasteiger partial charge >= 0.3 is 5.97 Å². The molecular formula is C26H33NO2. The lowest BCUT2D eigenvalue weighted by atomic mass is 9.47. The summed E-state index contributed by atoms with van der Waals surface area (Å²) in [5.41, 5.74) is 4.99. The lowest BCUT2D eigenvalue weighted by Gasteiger charge is -2.57. The Balaban J connectivity index is 1.41.